The van der Waals surface area contributed by atoms with Crippen molar-refractivity contribution in [1.82, 2.24) is 4.57 Å². The van der Waals surface area contributed by atoms with Crippen LogP contribution < -0.4 is 10.5 Å². The van der Waals surface area contributed by atoms with Crippen molar-refractivity contribution >= 4 is 41.2 Å². The SMILES string of the molecule is [C-]#[N+]c1c(C)c(/C=C2\C(=O)N(c3ccc(C(=O)O)cc3)C(=O)C(C#N)=C2C)c(=O)n(-c2ccc(C(=O)O)cc2)c1O. The number of anilines is 1. The van der Waals surface area contributed by atoms with Gasteiger partial charge in [-0.1, -0.05) is 0 Å². The van der Waals surface area contributed by atoms with Crippen LogP contribution in [0, 0.1) is 24.8 Å². The van der Waals surface area contributed by atoms with Gasteiger partial charge in [0.15, 0.2) is 0 Å². The first kappa shape index (κ1) is 27.8. The third kappa shape index (κ3) is 4.62. The van der Waals surface area contributed by atoms with Gasteiger partial charge >= 0.3 is 11.9 Å². The van der Waals surface area contributed by atoms with Crippen molar-refractivity contribution in [2.45, 2.75) is 13.8 Å². The average Bonchev–Trinajstić information content (AvgIpc) is 2.93. The number of aromatic nitrogens is 1. The number of rotatable bonds is 5. The summed E-state index contributed by atoms with van der Waals surface area (Å²) < 4.78 is 0.781. The summed E-state index contributed by atoms with van der Waals surface area (Å²) in [5, 5.41) is 38.8. The molecule has 0 bridgehead atoms. The molecule has 2 amide bonds. The summed E-state index contributed by atoms with van der Waals surface area (Å²) in [6.07, 6.45) is 1.12. The Morgan fingerprint density at radius 1 is 0.902 bits per heavy atom. The zero-order valence-electron chi connectivity index (χ0n) is 21.4. The zero-order valence-corrected chi connectivity index (χ0v) is 21.4. The van der Waals surface area contributed by atoms with Gasteiger partial charge in [0, 0.05) is 11.1 Å². The van der Waals surface area contributed by atoms with Gasteiger partial charge in [-0.3, -0.25) is 19.0 Å². The smallest absolute Gasteiger partial charge is 0.335 e. The van der Waals surface area contributed by atoms with E-state index in [4.69, 9.17) is 11.7 Å². The number of benzene rings is 2. The highest BCUT2D eigenvalue weighted by Gasteiger charge is 2.37. The highest BCUT2D eigenvalue weighted by molar-refractivity contribution is 6.32. The van der Waals surface area contributed by atoms with E-state index in [1.54, 1.807) is 6.07 Å². The molecule has 0 unspecified atom stereocenters. The van der Waals surface area contributed by atoms with Crippen LogP contribution in [0.3, 0.4) is 0 Å². The number of carboxylic acid groups (broad SMARTS) is 2. The van der Waals surface area contributed by atoms with Crippen LogP contribution in [0.15, 0.2) is 70.0 Å². The summed E-state index contributed by atoms with van der Waals surface area (Å²) in [6, 6.07) is 11.5. The molecular formula is C29H18N4O8. The largest absolute Gasteiger partial charge is 0.502 e. The minimum Gasteiger partial charge on any atom is -0.502 e. The summed E-state index contributed by atoms with van der Waals surface area (Å²) in [4.78, 5) is 66.8. The third-order valence-corrected chi connectivity index (χ3v) is 6.50. The number of carbonyl (C=O) groups excluding carboxylic acids is 2. The van der Waals surface area contributed by atoms with Crippen LogP contribution in [0.2, 0.25) is 0 Å². The van der Waals surface area contributed by atoms with Crippen LogP contribution in [0.5, 0.6) is 5.88 Å². The lowest BCUT2D eigenvalue weighted by molar-refractivity contribution is -0.122. The number of amides is 2. The van der Waals surface area contributed by atoms with E-state index < -0.39 is 40.8 Å². The molecule has 0 radical (unpaired) electrons. The van der Waals surface area contributed by atoms with Gasteiger partial charge in [0.1, 0.15) is 11.6 Å². The van der Waals surface area contributed by atoms with Crippen molar-refractivity contribution in [3.05, 3.63) is 109 Å². The average molecular weight is 550 g/mol. The van der Waals surface area contributed by atoms with E-state index in [1.807, 2.05) is 0 Å². The number of aromatic carboxylic acids is 2. The number of carbonyl (C=O) groups is 4. The standard InChI is InChI=1S/C29H18N4O8/c1-14-20(24(34)32(26(36)22(14)13-30)18-8-4-16(5-9-18)28(38)39)12-21-15(2)23(31-3)27(37)33(25(21)35)19-10-6-17(7-11-19)29(40)41/h4-12,37H,1-2H3,(H,38,39)(H,40,41)/b20-12-. The topological polar surface area (TPSA) is 182 Å². The molecule has 0 spiro atoms. The Morgan fingerprint density at radius 2 is 1.41 bits per heavy atom. The number of carboxylic acids is 2. The first-order chi connectivity index (χ1) is 19.4. The van der Waals surface area contributed by atoms with Gasteiger partial charge in [-0.05, 0) is 79.6 Å². The normalized spacial score (nSPS) is 14.1. The Balaban J connectivity index is 1.97. The van der Waals surface area contributed by atoms with Gasteiger partial charge in [0.05, 0.1) is 29.1 Å². The van der Waals surface area contributed by atoms with Crippen molar-refractivity contribution in [3.63, 3.8) is 0 Å². The Morgan fingerprint density at radius 3 is 1.88 bits per heavy atom. The molecule has 1 aromatic heterocycles. The third-order valence-electron chi connectivity index (χ3n) is 6.50. The summed E-state index contributed by atoms with van der Waals surface area (Å²) in [5.41, 5.74) is -2.19. The van der Waals surface area contributed by atoms with Gasteiger partial charge in [-0.15, -0.1) is 0 Å². The van der Waals surface area contributed by atoms with Gasteiger partial charge in [0.2, 0.25) is 11.6 Å². The lowest BCUT2D eigenvalue weighted by Gasteiger charge is -2.27. The summed E-state index contributed by atoms with van der Waals surface area (Å²) >= 11 is 0. The lowest BCUT2D eigenvalue weighted by atomic mass is 9.92. The molecule has 1 aliphatic rings. The highest BCUT2D eigenvalue weighted by Crippen LogP contribution is 2.35. The molecule has 1 aliphatic heterocycles. The van der Waals surface area contributed by atoms with Crippen molar-refractivity contribution in [2.75, 3.05) is 4.90 Å². The van der Waals surface area contributed by atoms with E-state index in [1.165, 1.54) is 62.4 Å². The number of imide groups is 1. The lowest BCUT2D eigenvalue weighted by Crippen LogP contribution is -2.43. The second-order valence-corrected chi connectivity index (χ2v) is 8.78. The first-order valence-electron chi connectivity index (χ1n) is 11.7. The Kier molecular flexibility index (Phi) is 7.09. The van der Waals surface area contributed by atoms with Gasteiger partial charge in [-0.2, -0.15) is 5.26 Å². The molecule has 12 heteroatoms. The number of pyridine rings is 1. The fourth-order valence-electron chi connectivity index (χ4n) is 4.29. The van der Waals surface area contributed by atoms with Gasteiger partial charge in [-0.25, -0.2) is 19.3 Å². The molecule has 3 N–H and O–H groups in total. The molecule has 2 heterocycles. The van der Waals surface area contributed by atoms with Gasteiger partial charge in [0.25, 0.3) is 17.4 Å². The molecule has 0 saturated carbocycles. The Hall–Kier alpha value is -6.27. The van der Waals surface area contributed by atoms with Crippen LogP contribution in [0.25, 0.3) is 16.6 Å². The first-order valence-corrected chi connectivity index (χ1v) is 11.7. The maximum Gasteiger partial charge on any atom is 0.335 e. The summed E-state index contributed by atoms with van der Waals surface area (Å²) in [6.45, 7) is 10.3. The predicted octanol–water partition coefficient (Wildman–Crippen LogP) is 3.60. The molecular weight excluding hydrogens is 532 g/mol. The van der Waals surface area contributed by atoms with E-state index in [-0.39, 0.29) is 50.5 Å². The predicted molar refractivity (Wildman–Crippen MR) is 144 cm³/mol. The van der Waals surface area contributed by atoms with Gasteiger partial charge < -0.3 is 15.3 Å². The molecule has 3 aromatic rings. The molecule has 4 rings (SSSR count). The van der Waals surface area contributed by atoms with Crippen LogP contribution in [0.4, 0.5) is 11.4 Å². The molecule has 2 aromatic carbocycles. The molecule has 0 fully saturated rings. The number of hydrogen-bond donors (Lipinski definition) is 3. The summed E-state index contributed by atoms with van der Waals surface area (Å²) in [7, 11) is 0. The number of aromatic hydroxyl groups is 1. The molecule has 0 atom stereocenters. The van der Waals surface area contributed by atoms with Crippen LogP contribution in [-0.2, 0) is 9.59 Å². The molecule has 0 saturated heterocycles. The Labute approximate surface area is 231 Å². The molecule has 41 heavy (non-hydrogen) atoms. The molecule has 12 nitrogen and oxygen atoms in total. The van der Waals surface area contributed by atoms with E-state index in [2.05, 4.69) is 4.85 Å². The second kappa shape index (κ2) is 10.5. The minimum absolute atomic E-state index is 0.0155. The van der Waals surface area contributed by atoms with Crippen molar-refractivity contribution < 1.29 is 34.5 Å². The maximum absolute atomic E-state index is 13.7. The second-order valence-electron chi connectivity index (χ2n) is 8.78. The quantitative estimate of drug-likeness (QED) is 0.243. The number of nitriles is 1. The highest BCUT2D eigenvalue weighted by atomic mass is 16.4. The van der Waals surface area contributed by atoms with Crippen molar-refractivity contribution in [3.8, 4) is 17.6 Å². The number of nitrogens with zero attached hydrogens (tertiary/aromatic N) is 4. The van der Waals surface area contributed by atoms with Crippen molar-refractivity contribution in [2.24, 2.45) is 0 Å². The molecule has 202 valence electrons. The van der Waals surface area contributed by atoms with E-state index >= 15 is 0 Å². The zero-order chi connectivity index (χ0) is 30.2. The summed E-state index contributed by atoms with van der Waals surface area (Å²) in [5.74, 6) is -5.01. The molecule has 0 aliphatic carbocycles. The van der Waals surface area contributed by atoms with Crippen LogP contribution >= 0.6 is 0 Å². The Bertz CT molecular complexity index is 1880. The maximum atomic E-state index is 13.7. The fourth-order valence-corrected chi connectivity index (χ4v) is 4.29. The van der Waals surface area contributed by atoms with Crippen LogP contribution in [-0.4, -0.2) is 43.6 Å². The minimum atomic E-state index is -1.23. The van der Waals surface area contributed by atoms with E-state index in [0.29, 0.717) is 4.90 Å². The number of hydrogen-bond acceptors (Lipinski definition) is 7. The van der Waals surface area contributed by atoms with E-state index in [0.717, 1.165) is 10.6 Å². The monoisotopic (exact) mass is 550 g/mol. The van der Waals surface area contributed by atoms with E-state index in [9.17, 15) is 39.4 Å². The van der Waals surface area contributed by atoms with Crippen molar-refractivity contribution in [1.29, 1.82) is 5.26 Å². The van der Waals surface area contributed by atoms with Crippen LogP contribution in [0.1, 0.15) is 38.8 Å². The fraction of sp³-hybridized carbons (Fsp3) is 0.0690.